The summed E-state index contributed by atoms with van der Waals surface area (Å²) in [5.41, 5.74) is 5.73. The molecule has 160 valence electrons. The molecule has 0 saturated heterocycles. The molecule has 5 heteroatoms. The summed E-state index contributed by atoms with van der Waals surface area (Å²) in [6, 6.07) is 13.6. The van der Waals surface area contributed by atoms with Crippen molar-refractivity contribution in [3.63, 3.8) is 0 Å². The molecule has 2 aliphatic carbocycles. The number of nitrogens with zero attached hydrogens (tertiary/aromatic N) is 4. The van der Waals surface area contributed by atoms with Gasteiger partial charge in [0.15, 0.2) is 5.82 Å². The molecule has 0 radical (unpaired) electrons. The van der Waals surface area contributed by atoms with E-state index < -0.39 is 6.04 Å². The summed E-state index contributed by atoms with van der Waals surface area (Å²) >= 11 is 0. The predicted molar refractivity (Wildman–Crippen MR) is 124 cm³/mol. The second-order valence-corrected chi connectivity index (χ2v) is 9.38. The summed E-state index contributed by atoms with van der Waals surface area (Å²) in [5, 5.41) is 0. The van der Waals surface area contributed by atoms with Crippen LogP contribution in [0, 0.1) is 25.3 Å². The van der Waals surface area contributed by atoms with Gasteiger partial charge in [0, 0.05) is 46.3 Å². The van der Waals surface area contributed by atoms with E-state index >= 15 is 0 Å². The Hall–Kier alpha value is -3.39. The number of Topliss-reactive ketones (excluding diaryl/α,β-unsaturated/α-hetero) is 1. The van der Waals surface area contributed by atoms with Gasteiger partial charge in [-0.15, -0.1) is 0 Å². The van der Waals surface area contributed by atoms with E-state index in [4.69, 9.17) is 16.5 Å². The number of aryl methyl sites for hydroxylation is 1. The Balaban J connectivity index is 1.77. The van der Waals surface area contributed by atoms with E-state index in [-0.39, 0.29) is 23.0 Å². The average Bonchev–Trinajstić information content (AvgIpc) is 2.81. The lowest BCUT2D eigenvalue weighted by atomic mass is 9.55. The minimum Gasteiger partial charge on any atom is -0.305 e. The number of benzene rings is 1. The lowest BCUT2D eigenvalue weighted by Gasteiger charge is -2.47. The number of hydrogen-bond acceptors (Lipinski definition) is 4. The van der Waals surface area contributed by atoms with Gasteiger partial charge in [-0.2, -0.15) is 0 Å². The van der Waals surface area contributed by atoms with Crippen molar-refractivity contribution >= 4 is 5.78 Å². The van der Waals surface area contributed by atoms with Crippen LogP contribution in [0.4, 0.5) is 0 Å². The Morgan fingerprint density at radius 2 is 1.91 bits per heavy atom. The van der Waals surface area contributed by atoms with Crippen LogP contribution in [-0.2, 0) is 16.6 Å². The van der Waals surface area contributed by atoms with Crippen LogP contribution in [-0.4, -0.2) is 26.8 Å². The molecule has 0 aliphatic heterocycles. The van der Waals surface area contributed by atoms with Gasteiger partial charge in [-0.05, 0) is 37.8 Å². The highest BCUT2D eigenvalue weighted by atomic mass is 16.1. The number of ketones is 1. The first-order chi connectivity index (χ1) is 15.4. The van der Waals surface area contributed by atoms with E-state index in [0.717, 1.165) is 46.6 Å². The molecular formula is C27H26N4O. The third-order valence-corrected chi connectivity index (χ3v) is 7.43. The van der Waals surface area contributed by atoms with Crippen LogP contribution in [0.2, 0.25) is 0 Å². The van der Waals surface area contributed by atoms with E-state index in [1.807, 2.05) is 44.2 Å². The molecule has 32 heavy (non-hydrogen) atoms. The zero-order valence-corrected chi connectivity index (χ0v) is 18.7. The van der Waals surface area contributed by atoms with Crippen LogP contribution in [0.5, 0.6) is 0 Å². The number of fused-ring (bicyclic) bond motifs is 3. The molecule has 2 aromatic heterocycles. The molecule has 0 spiro atoms. The first-order valence-corrected chi connectivity index (χ1v) is 11.2. The van der Waals surface area contributed by atoms with Crippen LogP contribution in [0.1, 0.15) is 43.6 Å². The topological polar surface area (TPSA) is 60.1 Å². The third-order valence-electron chi connectivity index (χ3n) is 7.43. The van der Waals surface area contributed by atoms with Crippen molar-refractivity contribution in [3.05, 3.63) is 77.0 Å². The van der Waals surface area contributed by atoms with Crippen LogP contribution in [0.3, 0.4) is 0 Å². The fraction of sp³-hybridized carbons (Fsp3) is 0.370. The minimum absolute atomic E-state index is 0.0910. The standard InChI is InChI=1S/C27H26N4O/c1-16-14-19(12-13-29-16)26-30-23(18-8-6-5-7-9-18)20-10-11-21-17(2)24(32)22(28-4)15-27(21,3)25(20)31-26/h5-9,12-14,17,21-22H,10-11,15H2,1-3H3/t17-,21-,22?,27-/m1/s1. The van der Waals surface area contributed by atoms with Gasteiger partial charge in [-0.25, -0.2) is 16.5 Å². The summed E-state index contributed by atoms with van der Waals surface area (Å²) in [7, 11) is 0. The van der Waals surface area contributed by atoms with Gasteiger partial charge in [-0.1, -0.05) is 44.2 Å². The van der Waals surface area contributed by atoms with Gasteiger partial charge in [-0.3, -0.25) is 9.78 Å². The smallest absolute Gasteiger partial charge is 0.282 e. The number of aromatic nitrogens is 3. The number of carbonyl (C=O) groups excluding carboxylic acids is 1. The van der Waals surface area contributed by atoms with Crippen molar-refractivity contribution < 1.29 is 4.79 Å². The van der Waals surface area contributed by atoms with Crippen LogP contribution in [0.25, 0.3) is 27.5 Å². The molecule has 1 aromatic carbocycles. The molecule has 0 bridgehead atoms. The summed E-state index contributed by atoms with van der Waals surface area (Å²) in [6.45, 7) is 13.8. The van der Waals surface area contributed by atoms with Gasteiger partial charge in [0.05, 0.1) is 11.4 Å². The molecule has 2 aliphatic rings. The summed E-state index contributed by atoms with van der Waals surface area (Å²) in [5.74, 6) is 0.820. The second-order valence-electron chi connectivity index (χ2n) is 9.38. The lowest BCUT2D eigenvalue weighted by Crippen LogP contribution is -2.52. The first-order valence-electron chi connectivity index (χ1n) is 11.2. The van der Waals surface area contributed by atoms with Crippen molar-refractivity contribution in [2.45, 2.75) is 51.5 Å². The summed E-state index contributed by atoms with van der Waals surface area (Å²) in [6.07, 6.45) is 4.07. The number of hydrogen-bond donors (Lipinski definition) is 0. The summed E-state index contributed by atoms with van der Waals surface area (Å²) in [4.78, 5) is 31.0. The molecule has 4 atom stereocenters. The molecule has 5 nitrogen and oxygen atoms in total. The van der Waals surface area contributed by atoms with Gasteiger partial charge in [0.25, 0.3) is 6.04 Å². The molecule has 1 unspecified atom stereocenters. The highest BCUT2D eigenvalue weighted by molar-refractivity contribution is 5.89. The molecule has 5 rings (SSSR count). The van der Waals surface area contributed by atoms with E-state index in [2.05, 4.69) is 28.9 Å². The first kappa shape index (κ1) is 20.5. The monoisotopic (exact) mass is 422 g/mol. The molecule has 0 N–H and O–H groups in total. The zero-order chi connectivity index (χ0) is 22.5. The second kappa shape index (κ2) is 7.63. The SMILES string of the molecule is [C-]#[N+]C1C[C@@]2(C)c3nc(-c4ccnc(C)c4)nc(-c4ccccc4)c3CC[C@@H]2[C@@H](C)C1=O. The lowest BCUT2D eigenvalue weighted by molar-refractivity contribution is -0.129. The predicted octanol–water partition coefficient (Wildman–Crippen LogP) is 5.23. The maximum absolute atomic E-state index is 12.8. The number of carbonyl (C=O) groups is 1. The normalized spacial score (nSPS) is 26.7. The Labute approximate surface area is 188 Å². The van der Waals surface area contributed by atoms with Crippen molar-refractivity contribution in [2.24, 2.45) is 11.8 Å². The van der Waals surface area contributed by atoms with Crippen molar-refractivity contribution in [3.8, 4) is 22.6 Å². The Bertz CT molecular complexity index is 1250. The van der Waals surface area contributed by atoms with E-state index in [9.17, 15) is 4.79 Å². The van der Waals surface area contributed by atoms with E-state index in [0.29, 0.717) is 12.2 Å². The van der Waals surface area contributed by atoms with Crippen LogP contribution >= 0.6 is 0 Å². The molecule has 0 amide bonds. The quantitative estimate of drug-likeness (QED) is 0.531. The van der Waals surface area contributed by atoms with Crippen molar-refractivity contribution in [2.75, 3.05) is 0 Å². The molecule has 1 saturated carbocycles. The maximum atomic E-state index is 12.8. The number of pyridine rings is 1. The van der Waals surface area contributed by atoms with Crippen LogP contribution < -0.4 is 0 Å². The molecule has 3 aromatic rings. The Morgan fingerprint density at radius 1 is 1.12 bits per heavy atom. The van der Waals surface area contributed by atoms with Gasteiger partial charge in [0.1, 0.15) is 0 Å². The summed E-state index contributed by atoms with van der Waals surface area (Å²) < 4.78 is 0. The zero-order valence-electron chi connectivity index (χ0n) is 18.7. The Kier molecular flexibility index (Phi) is 4.89. The molecular weight excluding hydrogens is 396 g/mol. The minimum atomic E-state index is -0.598. The highest BCUT2D eigenvalue weighted by Crippen LogP contribution is 2.52. The van der Waals surface area contributed by atoms with Crippen molar-refractivity contribution in [1.29, 1.82) is 0 Å². The molecule has 1 fully saturated rings. The number of rotatable bonds is 2. The fourth-order valence-corrected chi connectivity index (χ4v) is 5.80. The van der Waals surface area contributed by atoms with Gasteiger partial charge >= 0.3 is 0 Å². The largest absolute Gasteiger partial charge is 0.305 e. The van der Waals surface area contributed by atoms with E-state index in [1.165, 1.54) is 0 Å². The fourth-order valence-electron chi connectivity index (χ4n) is 5.80. The van der Waals surface area contributed by atoms with Gasteiger partial charge < -0.3 is 4.85 Å². The van der Waals surface area contributed by atoms with E-state index in [1.54, 1.807) is 6.20 Å². The van der Waals surface area contributed by atoms with Crippen molar-refractivity contribution in [1.82, 2.24) is 15.0 Å². The van der Waals surface area contributed by atoms with Gasteiger partial charge in [0.2, 0.25) is 5.78 Å². The average molecular weight is 423 g/mol. The highest BCUT2D eigenvalue weighted by Gasteiger charge is 2.55. The maximum Gasteiger partial charge on any atom is 0.282 e. The molecule has 2 heterocycles. The third kappa shape index (κ3) is 3.14. The Morgan fingerprint density at radius 3 is 2.62 bits per heavy atom. The van der Waals surface area contributed by atoms with Crippen LogP contribution in [0.15, 0.2) is 48.7 Å².